The first-order valence-corrected chi connectivity index (χ1v) is 7.17. The fraction of sp³-hybridized carbons (Fsp3) is 0.250. The van der Waals surface area contributed by atoms with Gasteiger partial charge in [-0.3, -0.25) is 0 Å². The zero-order chi connectivity index (χ0) is 15.6. The number of aromatic nitrogens is 1. The van der Waals surface area contributed by atoms with Crippen LogP contribution >= 0.6 is 23.2 Å². The number of nitrogens with zero attached hydrogens (tertiary/aromatic N) is 1. The monoisotopic (exact) mass is 323 g/mol. The molecule has 5 heteroatoms. The molecule has 0 radical (unpaired) electrons. The van der Waals surface area contributed by atoms with E-state index in [1.54, 1.807) is 12.1 Å². The number of esters is 1. The highest BCUT2D eigenvalue weighted by Gasteiger charge is 2.16. The van der Waals surface area contributed by atoms with Crippen molar-refractivity contribution >= 4 is 29.2 Å². The summed E-state index contributed by atoms with van der Waals surface area (Å²) in [6.07, 6.45) is 1.37. The van der Waals surface area contributed by atoms with Crippen LogP contribution in [-0.4, -0.2) is 11.0 Å². The lowest BCUT2D eigenvalue weighted by Gasteiger charge is -2.18. The maximum atomic E-state index is 12.1. The van der Waals surface area contributed by atoms with Crippen LogP contribution in [0.3, 0.4) is 0 Å². The van der Waals surface area contributed by atoms with E-state index in [4.69, 9.17) is 27.9 Å². The lowest BCUT2D eigenvalue weighted by Crippen LogP contribution is -2.13. The molecule has 0 N–H and O–H groups in total. The number of halogens is 2. The minimum absolute atomic E-state index is 0.0312. The largest absolute Gasteiger partial charge is 0.402 e. The van der Waals surface area contributed by atoms with E-state index in [0.29, 0.717) is 10.6 Å². The second-order valence-electron chi connectivity index (χ2n) is 5.66. The van der Waals surface area contributed by atoms with Gasteiger partial charge in [-0.15, -0.1) is 0 Å². The Morgan fingerprint density at radius 2 is 1.76 bits per heavy atom. The Bertz CT molecular complexity index is 661. The molecule has 1 heterocycles. The van der Waals surface area contributed by atoms with Crippen LogP contribution in [0.1, 0.15) is 36.7 Å². The van der Waals surface area contributed by atoms with E-state index in [0.717, 1.165) is 5.56 Å². The van der Waals surface area contributed by atoms with Crippen molar-refractivity contribution in [2.75, 3.05) is 0 Å². The van der Waals surface area contributed by atoms with Gasteiger partial charge >= 0.3 is 5.97 Å². The molecule has 0 fully saturated rings. The fourth-order valence-electron chi connectivity index (χ4n) is 1.73. The summed E-state index contributed by atoms with van der Waals surface area (Å²) in [6, 6.07) is 8.75. The minimum atomic E-state index is -0.507. The molecule has 1 aromatic carbocycles. The molecule has 21 heavy (non-hydrogen) atoms. The average molecular weight is 324 g/mol. The molecule has 0 amide bonds. The summed E-state index contributed by atoms with van der Waals surface area (Å²) in [5, 5.41) is 0.580. The van der Waals surface area contributed by atoms with Crippen LogP contribution in [0.4, 0.5) is 0 Å². The third-order valence-electron chi connectivity index (χ3n) is 2.95. The molecule has 3 nitrogen and oxygen atoms in total. The first kappa shape index (κ1) is 15.8. The molecule has 0 bridgehead atoms. The van der Waals surface area contributed by atoms with Gasteiger partial charge in [-0.25, -0.2) is 9.78 Å². The third-order valence-corrected chi connectivity index (χ3v) is 3.43. The van der Waals surface area contributed by atoms with Crippen molar-refractivity contribution in [1.29, 1.82) is 0 Å². The Hall–Kier alpha value is -1.58. The van der Waals surface area contributed by atoms with Crippen molar-refractivity contribution in [2.24, 2.45) is 0 Å². The van der Waals surface area contributed by atoms with Gasteiger partial charge in [0.2, 0.25) is 5.88 Å². The number of pyridine rings is 1. The number of benzene rings is 1. The summed E-state index contributed by atoms with van der Waals surface area (Å²) in [4.78, 5) is 16.0. The van der Waals surface area contributed by atoms with Crippen molar-refractivity contribution in [3.63, 3.8) is 0 Å². The highest BCUT2D eigenvalue weighted by atomic mass is 35.5. The summed E-state index contributed by atoms with van der Waals surface area (Å²) in [7, 11) is 0. The van der Waals surface area contributed by atoms with Gasteiger partial charge in [0.05, 0.1) is 10.6 Å². The van der Waals surface area contributed by atoms with Crippen LogP contribution in [0, 0.1) is 0 Å². The van der Waals surface area contributed by atoms with Gasteiger partial charge < -0.3 is 4.74 Å². The number of carbonyl (C=O) groups excluding carboxylic acids is 1. The third kappa shape index (κ3) is 3.96. The van der Waals surface area contributed by atoms with Crippen molar-refractivity contribution in [3.8, 4) is 5.88 Å². The summed E-state index contributed by atoms with van der Waals surface area (Å²) in [6.45, 7) is 6.33. The van der Waals surface area contributed by atoms with Gasteiger partial charge in [0.15, 0.2) is 0 Å². The van der Waals surface area contributed by atoms with Crippen LogP contribution in [-0.2, 0) is 5.41 Å². The zero-order valence-electron chi connectivity index (χ0n) is 12.0. The Labute approximate surface area is 133 Å². The van der Waals surface area contributed by atoms with E-state index in [9.17, 15) is 4.79 Å². The molecular weight excluding hydrogens is 309 g/mol. The Morgan fingerprint density at radius 1 is 1.14 bits per heavy atom. The van der Waals surface area contributed by atoms with Gasteiger partial charge in [-0.05, 0) is 29.2 Å². The fourth-order valence-corrected chi connectivity index (χ4v) is 2.15. The summed E-state index contributed by atoms with van der Waals surface area (Å²) >= 11 is 11.7. The predicted molar refractivity (Wildman–Crippen MR) is 84.4 cm³/mol. The molecular formula is C16H15Cl2NO2. The van der Waals surface area contributed by atoms with Crippen LogP contribution in [0.2, 0.25) is 10.0 Å². The molecule has 0 saturated heterocycles. The van der Waals surface area contributed by atoms with Crippen LogP contribution < -0.4 is 4.74 Å². The van der Waals surface area contributed by atoms with Crippen molar-refractivity contribution < 1.29 is 9.53 Å². The maximum Gasteiger partial charge on any atom is 0.344 e. The van der Waals surface area contributed by atoms with E-state index < -0.39 is 5.97 Å². The quantitative estimate of drug-likeness (QED) is 0.737. The predicted octanol–water partition coefficient (Wildman–Crippen LogP) is 4.91. The summed E-state index contributed by atoms with van der Waals surface area (Å²) < 4.78 is 5.17. The van der Waals surface area contributed by atoms with Crippen molar-refractivity contribution in [3.05, 3.63) is 57.7 Å². The molecule has 0 atom stereocenters. The lowest BCUT2D eigenvalue weighted by molar-refractivity contribution is 0.0727. The average Bonchev–Trinajstić information content (AvgIpc) is 2.41. The molecule has 1 aromatic heterocycles. The Balaban J connectivity index is 2.17. The smallest absolute Gasteiger partial charge is 0.344 e. The Kier molecular flexibility index (Phi) is 4.55. The van der Waals surface area contributed by atoms with Gasteiger partial charge in [0.1, 0.15) is 5.02 Å². The summed E-state index contributed by atoms with van der Waals surface area (Å²) in [5.74, 6) is -0.460. The maximum absolute atomic E-state index is 12.1. The minimum Gasteiger partial charge on any atom is -0.402 e. The second kappa shape index (κ2) is 6.04. The highest BCUT2D eigenvalue weighted by Crippen LogP contribution is 2.26. The number of rotatable bonds is 2. The Morgan fingerprint density at radius 3 is 2.29 bits per heavy atom. The first-order valence-electron chi connectivity index (χ1n) is 6.41. The van der Waals surface area contributed by atoms with E-state index in [2.05, 4.69) is 25.8 Å². The normalized spacial score (nSPS) is 11.3. The molecule has 0 spiro atoms. The molecule has 0 aliphatic rings. The van der Waals surface area contributed by atoms with E-state index in [1.165, 1.54) is 12.3 Å². The molecule has 0 aliphatic heterocycles. The zero-order valence-corrected chi connectivity index (χ0v) is 13.5. The molecule has 2 rings (SSSR count). The van der Waals surface area contributed by atoms with Crippen LogP contribution in [0.5, 0.6) is 5.88 Å². The molecule has 0 saturated carbocycles. The molecule has 0 aliphatic carbocycles. The van der Waals surface area contributed by atoms with E-state index >= 15 is 0 Å². The van der Waals surface area contributed by atoms with Gasteiger partial charge in [-0.1, -0.05) is 56.1 Å². The summed E-state index contributed by atoms with van der Waals surface area (Å²) in [5.41, 5.74) is 1.61. The lowest BCUT2D eigenvalue weighted by atomic mass is 9.87. The van der Waals surface area contributed by atoms with Gasteiger partial charge in [-0.2, -0.15) is 0 Å². The van der Waals surface area contributed by atoms with E-state index in [-0.39, 0.29) is 16.3 Å². The van der Waals surface area contributed by atoms with Gasteiger partial charge in [0.25, 0.3) is 0 Å². The molecule has 2 aromatic rings. The van der Waals surface area contributed by atoms with Crippen LogP contribution in [0.15, 0.2) is 36.5 Å². The number of carbonyl (C=O) groups is 1. The van der Waals surface area contributed by atoms with Crippen LogP contribution in [0.25, 0.3) is 0 Å². The number of hydrogen-bond donors (Lipinski definition) is 0. The van der Waals surface area contributed by atoms with Gasteiger partial charge in [0, 0.05) is 6.20 Å². The molecule has 0 unspecified atom stereocenters. The number of hydrogen-bond acceptors (Lipinski definition) is 3. The second-order valence-corrected chi connectivity index (χ2v) is 6.50. The topological polar surface area (TPSA) is 39.2 Å². The van der Waals surface area contributed by atoms with E-state index in [1.807, 2.05) is 12.1 Å². The standard InChI is InChI=1S/C16H15Cl2NO2/c1-16(2,3)11-6-4-10(5-7-11)15(20)21-14-13(18)8-12(17)9-19-14/h4-9H,1-3H3. The molecule has 110 valence electrons. The first-order chi connectivity index (χ1) is 9.77. The highest BCUT2D eigenvalue weighted by molar-refractivity contribution is 6.35. The van der Waals surface area contributed by atoms with Crippen molar-refractivity contribution in [2.45, 2.75) is 26.2 Å². The number of ether oxygens (including phenoxy) is 1. The van der Waals surface area contributed by atoms with Crippen molar-refractivity contribution in [1.82, 2.24) is 4.98 Å². The SMILES string of the molecule is CC(C)(C)c1ccc(C(=O)Oc2ncc(Cl)cc2Cl)cc1.